The second kappa shape index (κ2) is 8.34. The van der Waals surface area contributed by atoms with E-state index in [9.17, 15) is 26.4 Å². The number of hydrogen-bond donors (Lipinski definition) is 0. The van der Waals surface area contributed by atoms with Crippen LogP contribution < -0.4 is 0 Å². The highest BCUT2D eigenvalue weighted by molar-refractivity contribution is 7.89. The SMILES string of the molecule is O=C(c1cccc2cccnc12)N1CCN(S(=O)(=O)c2cc(C(F)(F)F)ccc2Cl)CC1. The Kier molecular flexibility index (Phi) is 5.87. The van der Waals surface area contributed by atoms with Crippen LogP contribution in [0.15, 0.2) is 59.6 Å². The molecular formula is C21H17ClF3N3O3S. The Morgan fingerprint density at radius 3 is 2.38 bits per heavy atom. The molecule has 6 nitrogen and oxygen atoms in total. The molecular weight excluding hydrogens is 467 g/mol. The van der Waals surface area contributed by atoms with Gasteiger partial charge in [-0.15, -0.1) is 0 Å². The number of sulfonamides is 1. The zero-order valence-corrected chi connectivity index (χ0v) is 18.1. The Morgan fingerprint density at radius 1 is 1.00 bits per heavy atom. The fourth-order valence-corrected chi connectivity index (χ4v) is 5.52. The topological polar surface area (TPSA) is 70.6 Å². The Morgan fingerprint density at radius 2 is 1.69 bits per heavy atom. The Hall–Kier alpha value is -2.69. The zero-order valence-electron chi connectivity index (χ0n) is 16.5. The average molecular weight is 484 g/mol. The summed E-state index contributed by atoms with van der Waals surface area (Å²) in [6.45, 7) is 0.0212. The molecule has 0 spiro atoms. The van der Waals surface area contributed by atoms with Crippen molar-refractivity contribution in [2.24, 2.45) is 0 Å². The van der Waals surface area contributed by atoms with Crippen molar-refractivity contribution in [3.63, 3.8) is 0 Å². The molecule has 1 fully saturated rings. The number of nitrogens with zero attached hydrogens (tertiary/aromatic N) is 3. The van der Waals surface area contributed by atoms with Crippen molar-refractivity contribution in [3.05, 3.63) is 70.9 Å². The van der Waals surface area contributed by atoms with E-state index < -0.39 is 26.7 Å². The molecule has 0 N–H and O–H groups in total. The molecule has 0 aliphatic carbocycles. The van der Waals surface area contributed by atoms with Gasteiger partial charge < -0.3 is 4.90 Å². The van der Waals surface area contributed by atoms with Crippen molar-refractivity contribution in [1.29, 1.82) is 0 Å². The van der Waals surface area contributed by atoms with Gasteiger partial charge in [-0.2, -0.15) is 17.5 Å². The van der Waals surface area contributed by atoms with Crippen LogP contribution in [-0.4, -0.2) is 54.7 Å². The van der Waals surface area contributed by atoms with Gasteiger partial charge in [0.15, 0.2) is 0 Å². The van der Waals surface area contributed by atoms with E-state index in [1.54, 1.807) is 24.4 Å². The zero-order chi connectivity index (χ0) is 23.1. The molecule has 1 saturated heterocycles. The molecule has 2 aromatic carbocycles. The maximum absolute atomic E-state index is 13.0. The maximum Gasteiger partial charge on any atom is 0.416 e. The molecule has 0 radical (unpaired) electrons. The van der Waals surface area contributed by atoms with Crippen LogP contribution in [0.2, 0.25) is 5.02 Å². The first-order valence-corrected chi connectivity index (χ1v) is 11.4. The average Bonchev–Trinajstić information content (AvgIpc) is 2.77. The predicted molar refractivity (Wildman–Crippen MR) is 113 cm³/mol. The molecule has 0 bridgehead atoms. The normalized spacial score (nSPS) is 15.8. The minimum absolute atomic E-state index is 0.0706. The van der Waals surface area contributed by atoms with Gasteiger partial charge in [0.2, 0.25) is 10.0 Å². The number of fused-ring (bicyclic) bond motifs is 1. The van der Waals surface area contributed by atoms with Crippen molar-refractivity contribution in [1.82, 2.24) is 14.2 Å². The molecule has 2 heterocycles. The van der Waals surface area contributed by atoms with Gasteiger partial charge in [-0.05, 0) is 30.3 Å². The second-order valence-corrected chi connectivity index (χ2v) is 9.53. The molecule has 0 saturated carbocycles. The van der Waals surface area contributed by atoms with Crippen molar-refractivity contribution in [2.75, 3.05) is 26.2 Å². The number of alkyl halides is 3. The van der Waals surface area contributed by atoms with Crippen LogP contribution in [0.4, 0.5) is 13.2 Å². The summed E-state index contributed by atoms with van der Waals surface area (Å²) >= 11 is 5.92. The highest BCUT2D eigenvalue weighted by Crippen LogP contribution is 2.34. The lowest BCUT2D eigenvalue weighted by atomic mass is 10.1. The number of amides is 1. The number of para-hydroxylation sites is 1. The number of piperazine rings is 1. The molecule has 1 amide bonds. The monoisotopic (exact) mass is 483 g/mol. The smallest absolute Gasteiger partial charge is 0.336 e. The van der Waals surface area contributed by atoms with Crippen molar-refractivity contribution < 1.29 is 26.4 Å². The Labute approximate surface area is 187 Å². The summed E-state index contributed by atoms with van der Waals surface area (Å²) in [4.78, 5) is 18.2. The largest absolute Gasteiger partial charge is 0.416 e. The molecule has 1 aliphatic rings. The van der Waals surface area contributed by atoms with Crippen LogP contribution in [0, 0.1) is 0 Å². The molecule has 0 unspecified atom stereocenters. The third-order valence-electron chi connectivity index (χ3n) is 5.27. The van der Waals surface area contributed by atoms with Crippen LogP contribution >= 0.6 is 11.6 Å². The molecule has 11 heteroatoms. The van der Waals surface area contributed by atoms with Crippen LogP contribution in [0.25, 0.3) is 10.9 Å². The van der Waals surface area contributed by atoms with Crippen molar-refractivity contribution in [3.8, 4) is 0 Å². The summed E-state index contributed by atoms with van der Waals surface area (Å²) in [5, 5.41) is 0.511. The van der Waals surface area contributed by atoms with E-state index in [4.69, 9.17) is 11.6 Å². The van der Waals surface area contributed by atoms with Crippen molar-refractivity contribution >= 4 is 38.4 Å². The number of carbonyl (C=O) groups is 1. The minimum Gasteiger partial charge on any atom is -0.336 e. The summed E-state index contributed by atoms with van der Waals surface area (Å²) in [7, 11) is -4.27. The van der Waals surface area contributed by atoms with Gasteiger partial charge in [-0.25, -0.2) is 8.42 Å². The van der Waals surface area contributed by atoms with Gasteiger partial charge in [0.05, 0.1) is 21.7 Å². The molecule has 3 aromatic rings. The lowest BCUT2D eigenvalue weighted by Crippen LogP contribution is -2.50. The first-order chi connectivity index (χ1) is 15.1. The summed E-state index contributed by atoms with van der Waals surface area (Å²) < 4.78 is 66.1. The lowest BCUT2D eigenvalue weighted by Gasteiger charge is -2.34. The standard InChI is InChI=1S/C21H17ClF3N3O3S/c22-17-7-6-15(21(23,24)25)13-18(17)32(30,31)28-11-9-27(10-12-28)20(29)16-5-1-3-14-4-2-8-26-19(14)16/h1-8,13H,9-12H2. The van der Waals surface area contributed by atoms with E-state index in [-0.39, 0.29) is 37.1 Å². The number of halogens is 4. The molecule has 1 aromatic heterocycles. The molecule has 0 atom stereocenters. The summed E-state index contributed by atoms with van der Waals surface area (Å²) in [5.74, 6) is -0.288. The van der Waals surface area contributed by atoms with E-state index >= 15 is 0 Å². The molecule has 32 heavy (non-hydrogen) atoms. The van der Waals surface area contributed by atoms with Crippen LogP contribution in [-0.2, 0) is 16.2 Å². The molecule has 4 rings (SSSR count). The number of benzene rings is 2. The fourth-order valence-electron chi connectivity index (χ4n) is 3.60. The van der Waals surface area contributed by atoms with Gasteiger partial charge in [-0.3, -0.25) is 9.78 Å². The predicted octanol–water partition coefficient (Wildman–Crippen LogP) is 4.05. The van der Waals surface area contributed by atoms with E-state index in [2.05, 4.69) is 4.98 Å². The maximum atomic E-state index is 13.0. The van der Waals surface area contributed by atoms with E-state index in [0.29, 0.717) is 17.1 Å². The van der Waals surface area contributed by atoms with Gasteiger partial charge in [0.25, 0.3) is 5.91 Å². The number of carbonyl (C=O) groups excluding carboxylic acids is 1. The molecule has 168 valence electrons. The van der Waals surface area contributed by atoms with Crippen LogP contribution in [0.3, 0.4) is 0 Å². The Balaban J connectivity index is 1.54. The van der Waals surface area contributed by atoms with Gasteiger partial charge in [0, 0.05) is 37.8 Å². The third kappa shape index (κ3) is 4.17. The van der Waals surface area contributed by atoms with Gasteiger partial charge in [0.1, 0.15) is 4.90 Å². The highest BCUT2D eigenvalue weighted by atomic mass is 35.5. The fraction of sp³-hybridized carbons (Fsp3) is 0.238. The van der Waals surface area contributed by atoms with E-state index in [1.165, 1.54) is 4.90 Å². The first-order valence-electron chi connectivity index (χ1n) is 9.59. The minimum atomic E-state index is -4.70. The molecule has 1 aliphatic heterocycles. The number of hydrogen-bond acceptors (Lipinski definition) is 4. The summed E-state index contributed by atoms with van der Waals surface area (Å²) in [5.41, 5.74) is -0.149. The lowest BCUT2D eigenvalue weighted by molar-refractivity contribution is -0.137. The van der Waals surface area contributed by atoms with Crippen LogP contribution in [0.5, 0.6) is 0 Å². The number of aromatic nitrogens is 1. The summed E-state index contributed by atoms with van der Waals surface area (Å²) in [6, 6.07) is 11.0. The van der Waals surface area contributed by atoms with Gasteiger partial charge >= 0.3 is 6.18 Å². The number of pyridine rings is 1. The highest BCUT2D eigenvalue weighted by Gasteiger charge is 2.36. The van der Waals surface area contributed by atoms with E-state index in [1.807, 2.05) is 12.1 Å². The van der Waals surface area contributed by atoms with Gasteiger partial charge in [-0.1, -0.05) is 29.8 Å². The first kappa shape index (κ1) is 22.5. The third-order valence-corrected chi connectivity index (χ3v) is 7.65. The Bertz CT molecular complexity index is 1280. The quantitative estimate of drug-likeness (QED) is 0.563. The summed E-state index contributed by atoms with van der Waals surface area (Å²) in [6.07, 6.45) is -3.12. The van der Waals surface area contributed by atoms with Crippen LogP contribution in [0.1, 0.15) is 15.9 Å². The second-order valence-electron chi connectivity index (χ2n) is 7.22. The van der Waals surface area contributed by atoms with E-state index in [0.717, 1.165) is 21.8 Å². The number of rotatable bonds is 3. The van der Waals surface area contributed by atoms with Crippen molar-refractivity contribution in [2.45, 2.75) is 11.1 Å².